The van der Waals surface area contributed by atoms with Crippen LogP contribution in [-0.2, 0) is 6.61 Å². The average Bonchev–Trinajstić information content (AvgIpc) is 2.70. The highest BCUT2D eigenvalue weighted by atomic mass is 79.9. The monoisotopic (exact) mass is 460 g/mol. The summed E-state index contributed by atoms with van der Waals surface area (Å²) in [5.41, 5.74) is 1.52. The predicted molar refractivity (Wildman–Crippen MR) is 113 cm³/mol. The van der Waals surface area contributed by atoms with Crippen LogP contribution in [0.25, 0.3) is 0 Å². The van der Waals surface area contributed by atoms with Crippen LogP contribution >= 0.6 is 28.1 Å². The van der Waals surface area contributed by atoms with Gasteiger partial charge in [0, 0.05) is 10.0 Å². The zero-order chi connectivity index (χ0) is 20.1. The van der Waals surface area contributed by atoms with E-state index in [4.69, 9.17) is 21.7 Å². The SMILES string of the molecule is COc1cccc(/C=N\n2c(=S)[nH]nc(C)c2=O)c1OCc1ccc(Br)cc1. The van der Waals surface area contributed by atoms with Crippen LogP contribution < -0.4 is 15.0 Å². The van der Waals surface area contributed by atoms with E-state index in [1.165, 1.54) is 6.21 Å². The molecule has 28 heavy (non-hydrogen) atoms. The first kappa shape index (κ1) is 20.0. The molecular weight excluding hydrogens is 444 g/mol. The summed E-state index contributed by atoms with van der Waals surface area (Å²) in [5.74, 6) is 1.08. The van der Waals surface area contributed by atoms with Crippen molar-refractivity contribution in [2.45, 2.75) is 13.5 Å². The topological polar surface area (TPSA) is 81.5 Å². The van der Waals surface area contributed by atoms with Crippen molar-refractivity contribution in [3.8, 4) is 11.5 Å². The number of nitrogens with one attached hydrogen (secondary N) is 1. The number of hydrogen-bond acceptors (Lipinski definition) is 6. The normalized spacial score (nSPS) is 11.0. The number of rotatable bonds is 6. The van der Waals surface area contributed by atoms with Gasteiger partial charge in [0.15, 0.2) is 11.5 Å². The van der Waals surface area contributed by atoms with Crippen LogP contribution in [0.1, 0.15) is 16.8 Å². The van der Waals surface area contributed by atoms with Crippen molar-refractivity contribution in [2.75, 3.05) is 7.11 Å². The number of aryl methyl sites for hydroxylation is 1. The average molecular weight is 461 g/mol. The van der Waals surface area contributed by atoms with Crippen molar-refractivity contribution in [3.63, 3.8) is 0 Å². The molecule has 0 spiro atoms. The molecule has 3 aromatic rings. The number of hydrogen-bond donors (Lipinski definition) is 1. The lowest BCUT2D eigenvalue weighted by Crippen LogP contribution is -2.22. The first-order valence-corrected chi connectivity index (χ1v) is 9.46. The molecule has 2 aromatic carbocycles. The Kier molecular flexibility index (Phi) is 6.37. The highest BCUT2D eigenvalue weighted by Gasteiger charge is 2.10. The van der Waals surface area contributed by atoms with E-state index in [2.05, 4.69) is 31.2 Å². The fourth-order valence-corrected chi connectivity index (χ4v) is 2.82. The molecule has 0 amide bonds. The number of aromatic amines is 1. The summed E-state index contributed by atoms with van der Waals surface area (Å²) >= 11 is 8.51. The largest absolute Gasteiger partial charge is 0.493 e. The number of ether oxygens (including phenoxy) is 2. The van der Waals surface area contributed by atoms with E-state index in [0.29, 0.717) is 23.7 Å². The van der Waals surface area contributed by atoms with E-state index in [1.54, 1.807) is 20.1 Å². The molecule has 0 bridgehead atoms. The van der Waals surface area contributed by atoms with Crippen LogP contribution in [0.3, 0.4) is 0 Å². The standard InChI is InChI=1S/C19H17BrN4O3S/c1-12-18(25)24(19(28)23-22-12)21-10-14-4-3-5-16(26-2)17(14)27-11-13-6-8-15(20)9-7-13/h3-10H,11H2,1-2H3,(H,23,28)/b21-10-. The molecule has 7 nitrogen and oxygen atoms in total. The number of halogens is 1. The van der Waals surface area contributed by atoms with Crippen LogP contribution in [0.5, 0.6) is 11.5 Å². The maximum absolute atomic E-state index is 12.2. The van der Waals surface area contributed by atoms with Gasteiger partial charge in [0.2, 0.25) is 4.77 Å². The van der Waals surface area contributed by atoms with Crippen LogP contribution in [-0.4, -0.2) is 28.2 Å². The van der Waals surface area contributed by atoms with Gasteiger partial charge in [-0.15, -0.1) is 0 Å². The Labute approximate surface area is 174 Å². The van der Waals surface area contributed by atoms with Gasteiger partial charge in [-0.05, 0) is 49.0 Å². The summed E-state index contributed by atoms with van der Waals surface area (Å²) in [7, 11) is 1.57. The molecule has 0 atom stereocenters. The Morgan fingerprint density at radius 2 is 2.04 bits per heavy atom. The van der Waals surface area contributed by atoms with Gasteiger partial charge < -0.3 is 9.47 Å². The molecule has 0 fully saturated rings. The molecule has 1 N–H and O–H groups in total. The molecule has 0 aliphatic carbocycles. The van der Waals surface area contributed by atoms with Crippen LogP contribution in [0.2, 0.25) is 0 Å². The fraction of sp³-hybridized carbons (Fsp3) is 0.158. The molecule has 1 aromatic heterocycles. The van der Waals surface area contributed by atoms with Gasteiger partial charge in [-0.3, -0.25) is 9.89 Å². The van der Waals surface area contributed by atoms with Crippen LogP contribution in [0, 0.1) is 11.7 Å². The molecular formula is C19H17BrN4O3S. The lowest BCUT2D eigenvalue weighted by atomic mass is 10.2. The Hall–Kier alpha value is -2.78. The Morgan fingerprint density at radius 3 is 2.75 bits per heavy atom. The zero-order valence-corrected chi connectivity index (χ0v) is 17.6. The molecule has 1 heterocycles. The van der Waals surface area contributed by atoms with Crippen LogP contribution in [0.15, 0.2) is 56.8 Å². The van der Waals surface area contributed by atoms with Crippen molar-refractivity contribution in [1.29, 1.82) is 0 Å². The van der Waals surface area contributed by atoms with Crippen molar-refractivity contribution < 1.29 is 9.47 Å². The van der Waals surface area contributed by atoms with Crippen LogP contribution in [0.4, 0.5) is 0 Å². The minimum absolute atomic E-state index is 0.104. The second kappa shape index (κ2) is 8.94. The van der Waals surface area contributed by atoms with E-state index in [0.717, 1.165) is 14.7 Å². The van der Waals surface area contributed by atoms with Gasteiger partial charge in [0.25, 0.3) is 5.56 Å². The summed E-state index contributed by atoms with van der Waals surface area (Å²) in [4.78, 5) is 12.2. The highest BCUT2D eigenvalue weighted by Crippen LogP contribution is 2.31. The lowest BCUT2D eigenvalue weighted by Gasteiger charge is -2.13. The van der Waals surface area contributed by atoms with E-state index in [-0.39, 0.29) is 16.0 Å². The minimum Gasteiger partial charge on any atom is -0.493 e. The fourth-order valence-electron chi connectivity index (χ4n) is 2.38. The molecule has 9 heteroatoms. The van der Waals surface area contributed by atoms with Gasteiger partial charge in [-0.2, -0.15) is 14.9 Å². The number of para-hydroxylation sites is 1. The van der Waals surface area contributed by atoms with Gasteiger partial charge in [-0.25, -0.2) is 0 Å². The first-order valence-electron chi connectivity index (χ1n) is 8.26. The first-order chi connectivity index (χ1) is 13.5. The molecule has 144 valence electrons. The maximum Gasteiger partial charge on any atom is 0.296 e. The minimum atomic E-state index is -0.389. The number of methoxy groups -OCH3 is 1. The highest BCUT2D eigenvalue weighted by molar-refractivity contribution is 9.10. The summed E-state index contributed by atoms with van der Waals surface area (Å²) in [5, 5.41) is 10.6. The quantitative estimate of drug-likeness (QED) is 0.446. The lowest BCUT2D eigenvalue weighted by molar-refractivity contribution is 0.284. The van der Waals surface area contributed by atoms with E-state index >= 15 is 0 Å². The molecule has 0 radical (unpaired) electrons. The molecule has 0 saturated heterocycles. The Balaban J connectivity index is 1.93. The van der Waals surface area contributed by atoms with Crippen molar-refractivity contribution in [1.82, 2.24) is 14.9 Å². The van der Waals surface area contributed by atoms with E-state index in [9.17, 15) is 4.79 Å². The molecule has 0 unspecified atom stereocenters. The van der Waals surface area contributed by atoms with Crippen molar-refractivity contribution in [3.05, 3.63) is 78.9 Å². The van der Waals surface area contributed by atoms with Gasteiger partial charge in [-0.1, -0.05) is 34.1 Å². The Bertz CT molecular complexity index is 1120. The van der Waals surface area contributed by atoms with Gasteiger partial charge in [0.05, 0.1) is 13.3 Å². The molecule has 0 aliphatic rings. The van der Waals surface area contributed by atoms with Crippen molar-refractivity contribution >= 4 is 34.4 Å². The number of aromatic nitrogens is 3. The second-order valence-corrected chi connectivity index (χ2v) is 7.07. The smallest absolute Gasteiger partial charge is 0.296 e. The summed E-state index contributed by atoms with van der Waals surface area (Å²) in [6.07, 6.45) is 1.50. The predicted octanol–water partition coefficient (Wildman–Crippen LogP) is 3.84. The summed E-state index contributed by atoms with van der Waals surface area (Å²) in [6.45, 7) is 1.93. The third kappa shape index (κ3) is 4.55. The third-order valence-corrected chi connectivity index (χ3v) is 4.64. The maximum atomic E-state index is 12.2. The zero-order valence-electron chi connectivity index (χ0n) is 15.2. The molecule has 0 aliphatic heterocycles. The molecule has 0 saturated carbocycles. The third-order valence-electron chi connectivity index (χ3n) is 3.85. The number of H-pyrrole nitrogens is 1. The number of nitrogens with zero attached hydrogens (tertiary/aromatic N) is 3. The summed E-state index contributed by atoms with van der Waals surface area (Å²) in [6, 6.07) is 13.2. The Morgan fingerprint density at radius 1 is 1.29 bits per heavy atom. The molecule has 3 rings (SSSR count). The van der Waals surface area contributed by atoms with Gasteiger partial charge in [0.1, 0.15) is 12.3 Å². The van der Waals surface area contributed by atoms with E-state index < -0.39 is 0 Å². The van der Waals surface area contributed by atoms with Crippen molar-refractivity contribution in [2.24, 2.45) is 5.10 Å². The van der Waals surface area contributed by atoms with Gasteiger partial charge >= 0.3 is 0 Å². The number of benzene rings is 2. The van der Waals surface area contributed by atoms with E-state index in [1.807, 2.05) is 36.4 Å². The summed E-state index contributed by atoms with van der Waals surface area (Å²) < 4.78 is 13.6. The second-order valence-electron chi connectivity index (χ2n) is 5.77.